The minimum absolute atomic E-state index is 0.571. The van der Waals surface area contributed by atoms with E-state index in [1.807, 2.05) is 13.8 Å². The Bertz CT molecular complexity index is 123. The molecular weight excluding hydrogens is 182 g/mol. The van der Waals surface area contributed by atoms with Gasteiger partial charge in [-0.15, -0.1) is 0 Å². The summed E-state index contributed by atoms with van der Waals surface area (Å²) in [7, 11) is 2.05. The van der Waals surface area contributed by atoms with Crippen molar-refractivity contribution in [3.8, 4) is 0 Å². The summed E-state index contributed by atoms with van der Waals surface area (Å²) in [6, 6.07) is 0. The van der Waals surface area contributed by atoms with E-state index in [1.165, 1.54) is 19.3 Å². The zero-order valence-electron chi connectivity index (χ0n) is 9.08. The Morgan fingerprint density at radius 2 is 1.85 bits per heavy atom. The molecule has 0 aromatic carbocycles. The molecule has 0 bridgehead atoms. The number of rotatable bonds is 7. The van der Waals surface area contributed by atoms with Gasteiger partial charge < -0.3 is 10.0 Å². The molecule has 0 fully saturated rings. The van der Waals surface area contributed by atoms with Gasteiger partial charge in [0.25, 0.3) is 0 Å². The van der Waals surface area contributed by atoms with Crippen molar-refractivity contribution in [2.24, 2.45) is 0 Å². The lowest BCUT2D eigenvalue weighted by Crippen LogP contribution is -2.36. The van der Waals surface area contributed by atoms with Crippen LogP contribution in [0.1, 0.15) is 33.1 Å². The summed E-state index contributed by atoms with van der Waals surface area (Å²) in [5, 5.41) is 9.54. The quantitative estimate of drug-likeness (QED) is 0.489. The molecule has 80 valence electrons. The smallest absolute Gasteiger partial charge is 0.0718 e. The van der Waals surface area contributed by atoms with Crippen molar-refractivity contribution in [2.45, 2.75) is 38.7 Å². The first-order chi connectivity index (χ1) is 5.95. The molecule has 3 heteroatoms. The molecule has 0 radical (unpaired) electrons. The molecule has 0 spiro atoms. The molecule has 0 unspecified atom stereocenters. The maximum atomic E-state index is 9.54. The Hall–Kier alpha value is 0.270. The van der Waals surface area contributed by atoms with Crippen molar-refractivity contribution in [1.82, 2.24) is 4.90 Å². The fourth-order valence-electron chi connectivity index (χ4n) is 1.41. The lowest BCUT2D eigenvalue weighted by Gasteiger charge is -2.25. The van der Waals surface area contributed by atoms with E-state index in [0.717, 1.165) is 18.8 Å². The SMILES string of the molecule is CN(CCCCCS)CC(C)(C)O. The van der Waals surface area contributed by atoms with Gasteiger partial charge in [0.15, 0.2) is 0 Å². The topological polar surface area (TPSA) is 23.5 Å². The third-order valence-corrected chi connectivity index (χ3v) is 2.17. The lowest BCUT2D eigenvalue weighted by molar-refractivity contribution is 0.0442. The Morgan fingerprint density at radius 3 is 2.31 bits per heavy atom. The molecular formula is C10H23NOS. The number of unbranched alkanes of at least 4 members (excludes halogenated alkanes) is 2. The Morgan fingerprint density at radius 1 is 1.23 bits per heavy atom. The fraction of sp³-hybridized carbons (Fsp3) is 1.00. The third kappa shape index (κ3) is 10.2. The summed E-state index contributed by atoms with van der Waals surface area (Å²) >= 11 is 4.16. The molecule has 0 saturated carbocycles. The normalized spacial score (nSPS) is 12.5. The second-order valence-electron chi connectivity index (χ2n) is 4.33. The van der Waals surface area contributed by atoms with Crippen LogP contribution in [0.2, 0.25) is 0 Å². The lowest BCUT2D eigenvalue weighted by atomic mass is 10.1. The summed E-state index contributed by atoms with van der Waals surface area (Å²) in [4.78, 5) is 2.18. The third-order valence-electron chi connectivity index (χ3n) is 1.85. The van der Waals surface area contributed by atoms with Crippen molar-refractivity contribution >= 4 is 12.6 Å². The average molecular weight is 205 g/mol. The van der Waals surface area contributed by atoms with Crippen molar-refractivity contribution in [1.29, 1.82) is 0 Å². The Balaban J connectivity index is 3.35. The summed E-state index contributed by atoms with van der Waals surface area (Å²) in [6.45, 7) is 5.50. The van der Waals surface area contributed by atoms with E-state index in [-0.39, 0.29) is 0 Å². The predicted octanol–water partition coefficient (Wildman–Crippen LogP) is 1.79. The van der Waals surface area contributed by atoms with Gasteiger partial charge in [-0.25, -0.2) is 0 Å². The van der Waals surface area contributed by atoms with Crippen LogP contribution in [-0.4, -0.2) is 41.5 Å². The zero-order chi connectivity index (χ0) is 10.3. The maximum absolute atomic E-state index is 9.54. The van der Waals surface area contributed by atoms with E-state index < -0.39 is 5.60 Å². The Kier molecular flexibility index (Phi) is 6.82. The van der Waals surface area contributed by atoms with Crippen molar-refractivity contribution in [2.75, 3.05) is 25.9 Å². The predicted molar refractivity (Wildman–Crippen MR) is 61.5 cm³/mol. The highest BCUT2D eigenvalue weighted by molar-refractivity contribution is 7.80. The minimum atomic E-state index is -0.571. The average Bonchev–Trinajstić information content (AvgIpc) is 1.94. The Labute approximate surface area is 87.7 Å². The summed E-state index contributed by atoms with van der Waals surface area (Å²) in [5.74, 6) is 0.981. The standard InChI is InChI=1S/C10H23NOS/c1-10(2,12)9-11(3)7-5-4-6-8-13/h12-13H,4-9H2,1-3H3. The van der Waals surface area contributed by atoms with E-state index in [0.29, 0.717) is 0 Å². The van der Waals surface area contributed by atoms with E-state index in [9.17, 15) is 5.11 Å². The number of hydrogen-bond donors (Lipinski definition) is 2. The molecule has 0 aliphatic carbocycles. The molecule has 0 saturated heterocycles. The molecule has 0 aliphatic heterocycles. The van der Waals surface area contributed by atoms with Crippen LogP contribution in [0.5, 0.6) is 0 Å². The van der Waals surface area contributed by atoms with Crippen LogP contribution in [0.25, 0.3) is 0 Å². The second kappa shape index (κ2) is 6.68. The monoisotopic (exact) mass is 205 g/mol. The highest BCUT2D eigenvalue weighted by atomic mass is 32.1. The van der Waals surface area contributed by atoms with Crippen LogP contribution >= 0.6 is 12.6 Å². The van der Waals surface area contributed by atoms with Gasteiger partial charge in [0.1, 0.15) is 0 Å². The van der Waals surface area contributed by atoms with Gasteiger partial charge in [-0.05, 0) is 46.0 Å². The van der Waals surface area contributed by atoms with E-state index in [2.05, 4.69) is 24.6 Å². The highest BCUT2D eigenvalue weighted by Gasteiger charge is 2.14. The first kappa shape index (κ1) is 13.3. The zero-order valence-corrected chi connectivity index (χ0v) is 9.98. The number of hydrogen-bond acceptors (Lipinski definition) is 3. The first-order valence-electron chi connectivity index (χ1n) is 4.97. The number of thiol groups is 1. The van der Waals surface area contributed by atoms with E-state index in [1.54, 1.807) is 0 Å². The molecule has 1 N–H and O–H groups in total. The van der Waals surface area contributed by atoms with Gasteiger partial charge in [-0.3, -0.25) is 0 Å². The number of nitrogens with zero attached hydrogens (tertiary/aromatic N) is 1. The number of likely N-dealkylation sites (N-methyl/N-ethyl adjacent to an activating group) is 1. The van der Waals surface area contributed by atoms with Gasteiger partial charge in [0, 0.05) is 6.54 Å². The minimum Gasteiger partial charge on any atom is -0.389 e. The van der Waals surface area contributed by atoms with Crippen LogP contribution in [0.3, 0.4) is 0 Å². The summed E-state index contributed by atoms with van der Waals surface area (Å²) in [5.41, 5.74) is -0.571. The molecule has 0 aliphatic rings. The van der Waals surface area contributed by atoms with Crippen molar-refractivity contribution in [3.63, 3.8) is 0 Å². The van der Waals surface area contributed by atoms with Crippen LogP contribution < -0.4 is 0 Å². The summed E-state index contributed by atoms with van der Waals surface area (Å²) in [6.07, 6.45) is 3.63. The molecule has 13 heavy (non-hydrogen) atoms. The molecule has 0 aromatic heterocycles. The van der Waals surface area contributed by atoms with Crippen LogP contribution in [0.4, 0.5) is 0 Å². The summed E-state index contributed by atoms with van der Waals surface area (Å²) < 4.78 is 0. The van der Waals surface area contributed by atoms with Crippen LogP contribution in [-0.2, 0) is 0 Å². The number of aliphatic hydroxyl groups is 1. The fourth-order valence-corrected chi connectivity index (χ4v) is 1.63. The van der Waals surface area contributed by atoms with Crippen molar-refractivity contribution in [3.05, 3.63) is 0 Å². The maximum Gasteiger partial charge on any atom is 0.0718 e. The van der Waals surface area contributed by atoms with Gasteiger partial charge in [-0.1, -0.05) is 6.42 Å². The largest absolute Gasteiger partial charge is 0.389 e. The molecule has 0 rings (SSSR count). The van der Waals surface area contributed by atoms with Crippen molar-refractivity contribution < 1.29 is 5.11 Å². The van der Waals surface area contributed by atoms with Crippen LogP contribution in [0, 0.1) is 0 Å². The molecule has 0 heterocycles. The van der Waals surface area contributed by atoms with Gasteiger partial charge >= 0.3 is 0 Å². The van der Waals surface area contributed by atoms with E-state index in [4.69, 9.17) is 0 Å². The molecule has 0 amide bonds. The van der Waals surface area contributed by atoms with Crippen LogP contribution in [0.15, 0.2) is 0 Å². The van der Waals surface area contributed by atoms with E-state index >= 15 is 0 Å². The first-order valence-corrected chi connectivity index (χ1v) is 5.61. The molecule has 0 atom stereocenters. The second-order valence-corrected chi connectivity index (χ2v) is 4.78. The van der Waals surface area contributed by atoms with Gasteiger partial charge in [0.2, 0.25) is 0 Å². The van der Waals surface area contributed by atoms with Gasteiger partial charge in [0.05, 0.1) is 5.60 Å². The highest BCUT2D eigenvalue weighted by Crippen LogP contribution is 2.05. The van der Waals surface area contributed by atoms with Gasteiger partial charge in [-0.2, -0.15) is 12.6 Å². The molecule has 0 aromatic rings. The molecule has 2 nitrogen and oxygen atoms in total.